The van der Waals surface area contributed by atoms with E-state index in [2.05, 4.69) is 19.9 Å². The number of rotatable bonds is 11. The summed E-state index contributed by atoms with van der Waals surface area (Å²) in [6.45, 7) is 2.57. The summed E-state index contributed by atoms with van der Waals surface area (Å²) in [7, 11) is 1.59. The maximum Gasteiger partial charge on any atom is 0.303 e. The lowest BCUT2D eigenvalue weighted by molar-refractivity contribution is -0.139. The number of aromatic nitrogens is 3. The number of hydrogen-bond donors (Lipinski definition) is 1. The van der Waals surface area contributed by atoms with E-state index >= 15 is 4.39 Å². The van der Waals surface area contributed by atoms with Crippen molar-refractivity contribution in [3.63, 3.8) is 0 Å². The van der Waals surface area contributed by atoms with Crippen LogP contribution in [0, 0.1) is 11.8 Å². The Hall–Kier alpha value is -3.13. The van der Waals surface area contributed by atoms with E-state index < -0.39 is 12.1 Å². The highest BCUT2D eigenvalue weighted by molar-refractivity contribution is 5.83. The largest absolute Gasteiger partial charge is 0.497 e. The first-order valence-electron chi connectivity index (χ1n) is 12.3. The maximum atomic E-state index is 15.4. The molecule has 0 radical (unpaired) electrons. The van der Waals surface area contributed by atoms with Crippen LogP contribution in [0.5, 0.6) is 5.75 Å². The van der Waals surface area contributed by atoms with Gasteiger partial charge in [-0.1, -0.05) is 0 Å². The van der Waals surface area contributed by atoms with Crippen LogP contribution < -0.4 is 4.74 Å². The van der Waals surface area contributed by atoms with Crippen LogP contribution in [0.3, 0.4) is 0 Å². The number of nitrogens with zero attached hydrogens (tertiary/aromatic N) is 4. The lowest BCUT2D eigenvalue weighted by Gasteiger charge is -2.38. The van der Waals surface area contributed by atoms with E-state index in [-0.39, 0.29) is 18.3 Å². The molecule has 0 aliphatic carbocycles. The molecule has 7 nitrogen and oxygen atoms in total. The van der Waals surface area contributed by atoms with Crippen molar-refractivity contribution in [3.05, 3.63) is 60.3 Å². The smallest absolute Gasteiger partial charge is 0.303 e. The zero-order valence-corrected chi connectivity index (χ0v) is 20.1. The molecule has 1 aliphatic heterocycles. The Labute approximate surface area is 205 Å². The average Bonchev–Trinajstić information content (AvgIpc) is 2.87. The van der Waals surface area contributed by atoms with Gasteiger partial charge in [-0.25, -0.2) is 14.4 Å². The van der Waals surface area contributed by atoms with E-state index in [4.69, 9.17) is 4.74 Å². The van der Waals surface area contributed by atoms with E-state index in [0.717, 1.165) is 55.4 Å². The summed E-state index contributed by atoms with van der Waals surface area (Å²) in [6.07, 6.45) is 9.64. The molecule has 1 N–H and O–H groups in total. The molecule has 1 fully saturated rings. The Morgan fingerprint density at radius 3 is 2.86 bits per heavy atom. The number of ether oxygens (including phenoxy) is 1. The number of pyridine rings is 1. The predicted octanol–water partition coefficient (Wildman–Crippen LogP) is 4.87. The van der Waals surface area contributed by atoms with Gasteiger partial charge in [0, 0.05) is 36.9 Å². The SMILES string of the molecule is COc1ccc2nccc([C@H](F)CC[C@@H]3CCN(CCCc4cncnc4)C[C@@H]3CC(=O)O)c2c1. The molecule has 186 valence electrons. The van der Waals surface area contributed by atoms with Gasteiger partial charge in [-0.3, -0.25) is 9.78 Å². The number of piperidine rings is 1. The first kappa shape index (κ1) is 25.0. The van der Waals surface area contributed by atoms with Gasteiger partial charge >= 0.3 is 5.97 Å². The molecule has 4 rings (SSSR count). The van der Waals surface area contributed by atoms with Crippen molar-refractivity contribution in [2.24, 2.45) is 11.8 Å². The summed E-state index contributed by atoms with van der Waals surface area (Å²) in [4.78, 5) is 26.4. The summed E-state index contributed by atoms with van der Waals surface area (Å²) in [5.41, 5.74) is 2.47. The molecule has 1 saturated heterocycles. The molecule has 0 amide bonds. The lowest BCUT2D eigenvalue weighted by atomic mass is 9.79. The van der Waals surface area contributed by atoms with Crippen molar-refractivity contribution in [2.75, 3.05) is 26.7 Å². The number of carboxylic acids is 1. The highest BCUT2D eigenvalue weighted by Crippen LogP contribution is 2.36. The minimum atomic E-state index is -1.13. The highest BCUT2D eigenvalue weighted by Gasteiger charge is 2.31. The molecule has 3 atom stereocenters. The van der Waals surface area contributed by atoms with Crippen molar-refractivity contribution >= 4 is 16.9 Å². The number of hydrogen-bond acceptors (Lipinski definition) is 6. The Morgan fingerprint density at radius 2 is 2.09 bits per heavy atom. The summed E-state index contributed by atoms with van der Waals surface area (Å²) in [5.74, 6) is 0.119. The number of carboxylic acid groups (broad SMARTS) is 1. The quantitative estimate of drug-likeness (QED) is 0.419. The second-order valence-corrected chi connectivity index (χ2v) is 9.39. The molecular formula is C27H33FN4O3. The van der Waals surface area contributed by atoms with Gasteiger partial charge < -0.3 is 14.7 Å². The van der Waals surface area contributed by atoms with E-state index in [9.17, 15) is 9.90 Å². The molecule has 0 unspecified atom stereocenters. The van der Waals surface area contributed by atoms with Crippen molar-refractivity contribution in [2.45, 2.75) is 44.7 Å². The molecule has 0 bridgehead atoms. The van der Waals surface area contributed by atoms with Crippen LogP contribution >= 0.6 is 0 Å². The van der Waals surface area contributed by atoms with Crippen LogP contribution in [-0.4, -0.2) is 57.7 Å². The molecule has 1 aromatic carbocycles. The number of alkyl halides is 1. The Morgan fingerprint density at radius 1 is 1.26 bits per heavy atom. The lowest BCUT2D eigenvalue weighted by Crippen LogP contribution is -2.42. The average molecular weight is 481 g/mol. The minimum Gasteiger partial charge on any atom is -0.497 e. The van der Waals surface area contributed by atoms with Gasteiger partial charge in [0.05, 0.1) is 12.6 Å². The Bertz CT molecular complexity index is 1110. The number of carbonyl (C=O) groups is 1. The second kappa shape index (κ2) is 12.0. The van der Waals surface area contributed by atoms with Gasteiger partial charge in [0.15, 0.2) is 0 Å². The Balaban J connectivity index is 1.35. The molecular weight excluding hydrogens is 447 g/mol. The van der Waals surface area contributed by atoms with Gasteiger partial charge in [0.25, 0.3) is 0 Å². The van der Waals surface area contributed by atoms with E-state index in [0.29, 0.717) is 24.2 Å². The summed E-state index contributed by atoms with van der Waals surface area (Å²) in [6, 6.07) is 7.23. The fraction of sp³-hybridized carbons (Fsp3) is 0.481. The van der Waals surface area contributed by atoms with Gasteiger partial charge in [0.1, 0.15) is 18.2 Å². The molecule has 2 aromatic heterocycles. The first-order valence-corrected chi connectivity index (χ1v) is 12.3. The molecule has 3 aromatic rings. The summed E-state index contributed by atoms with van der Waals surface area (Å²) in [5, 5.41) is 10.3. The zero-order chi connectivity index (χ0) is 24.6. The molecule has 35 heavy (non-hydrogen) atoms. The topological polar surface area (TPSA) is 88.4 Å². The van der Waals surface area contributed by atoms with Gasteiger partial charge in [0.2, 0.25) is 0 Å². The van der Waals surface area contributed by atoms with Gasteiger partial charge in [-0.05, 0) is 92.4 Å². The maximum absolute atomic E-state index is 15.4. The van der Waals surface area contributed by atoms with Crippen molar-refractivity contribution in [3.8, 4) is 5.75 Å². The fourth-order valence-corrected chi connectivity index (χ4v) is 5.22. The normalized spacial score (nSPS) is 19.5. The standard InChI is InChI=1S/C27H33FN4O3/c1-35-22-5-7-26-24(14-22)23(8-10-31-26)25(28)6-4-20-9-12-32(17-21(20)13-27(33)34)11-2-3-19-15-29-18-30-16-19/h5,7-8,10,14-16,18,20-21,25H,2-4,6,9,11-13,17H2,1H3,(H,33,34)/t20-,21+,25-/m1/s1. The third-order valence-corrected chi connectivity index (χ3v) is 7.08. The van der Waals surface area contributed by atoms with Crippen molar-refractivity contribution < 1.29 is 19.0 Å². The van der Waals surface area contributed by atoms with Crippen LogP contribution in [0.4, 0.5) is 4.39 Å². The second-order valence-electron chi connectivity index (χ2n) is 9.39. The van der Waals surface area contributed by atoms with Crippen LogP contribution in [0.15, 0.2) is 49.2 Å². The number of likely N-dealkylation sites (tertiary alicyclic amines) is 1. The van der Waals surface area contributed by atoms with E-state index in [1.807, 2.05) is 30.6 Å². The Kier molecular flexibility index (Phi) is 8.58. The molecule has 8 heteroatoms. The molecule has 0 spiro atoms. The first-order chi connectivity index (χ1) is 17.0. The van der Waals surface area contributed by atoms with Crippen LogP contribution in [0.2, 0.25) is 0 Å². The third kappa shape index (κ3) is 6.72. The number of halogens is 1. The molecule has 1 aliphatic rings. The number of aryl methyl sites for hydroxylation is 1. The van der Waals surface area contributed by atoms with E-state index in [1.165, 1.54) is 6.33 Å². The molecule has 0 saturated carbocycles. The van der Waals surface area contributed by atoms with Gasteiger partial charge in [-0.15, -0.1) is 0 Å². The number of fused-ring (bicyclic) bond motifs is 1. The van der Waals surface area contributed by atoms with Gasteiger partial charge in [-0.2, -0.15) is 0 Å². The summed E-state index contributed by atoms with van der Waals surface area (Å²) >= 11 is 0. The summed E-state index contributed by atoms with van der Waals surface area (Å²) < 4.78 is 20.8. The number of methoxy groups -OCH3 is 1. The predicted molar refractivity (Wildman–Crippen MR) is 132 cm³/mol. The minimum absolute atomic E-state index is 0.0304. The number of aliphatic carboxylic acids is 1. The fourth-order valence-electron chi connectivity index (χ4n) is 5.22. The van der Waals surface area contributed by atoms with E-state index in [1.54, 1.807) is 19.4 Å². The van der Waals surface area contributed by atoms with Crippen LogP contribution in [0.25, 0.3) is 10.9 Å². The van der Waals surface area contributed by atoms with Crippen LogP contribution in [-0.2, 0) is 11.2 Å². The number of benzene rings is 1. The molecule has 3 heterocycles. The monoisotopic (exact) mass is 480 g/mol. The zero-order valence-electron chi connectivity index (χ0n) is 20.1. The van der Waals surface area contributed by atoms with Crippen LogP contribution in [0.1, 0.15) is 49.4 Å². The van der Waals surface area contributed by atoms with Crippen molar-refractivity contribution in [1.29, 1.82) is 0 Å². The van der Waals surface area contributed by atoms with Crippen molar-refractivity contribution in [1.82, 2.24) is 19.9 Å². The highest BCUT2D eigenvalue weighted by atomic mass is 19.1. The third-order valence-electron chi connectivity index (χ3n) is 7.08.